The molecule has 5 heterocycles. The minimum atomic E-state index is -0.884. The van der Waals surface area contributed by atoms with Gasteiger partial charge in [-0.15, -0.1) is 0 Å². The topological polar surface area (TPSA) is 128 Å². The Labute approximate surface area is 303 Å². The summed E-state index contributed by atoms with van der Waals surface area (Å²) in [4.78, 5) is 30.5. The zero-order valence-electron chi connectivity index (χ0n) is 29.8. The number of aromatic nitrogens is 4. The SMILES string of the molecule is CCNC(=O)[C@H]1O[C@@H](n2cnc3c(NCC(c4ccccc4)c4ccccc4)nc(NC4CCN(Cc5ccccc5)C4)nc32)[C@@H]2OC(C)(C)O[C@H]21. The number of likely N-dealkylation sites (tertiary alicyclic amines) is 1. The predicted octanol–water partition coefficient (Wildman–Crippen LogP) is 5.31. The number of fused-ring (bicyclic) bond motifs is 2. The predicted molar refractivity (Wildman–Crippen MR) is 199 cm³/mol. The lowest BCUT2D eigenvalue weighted by molar-refractivity contribution is -0.197. The monoisotopic (exact) mass is 702 g/mol. The molecule has 0 saturated carbocycles. The van der Waals surface area contributed by atoms with E-state index in [9.17, 15) is 4.79 Å². The second kappa shape index (κ2) is 14.6. The Bertz CT molecular complexity index is 1940. The molecule has 3 aliphatic heterocycles. The van der Waals surface area contributed by atoms with E-state index in [2.05, 4.69) is 93.6 Å². The van der Waals surface area contributed by atoms with E-state index in [4.69, 9.17) is 29.2 Å². The minimum absolute atomic E-state index is 0.0651. The van der Waals surface area contributed by atoms with Gasteiger partial charge in [-0.3, -0.25) is 14.3 Å². The summed E-state index contributed by atoms with van der Waals surface area (Å²) in [5.41, 5.74) is 4.86. The van der Waals surface area contributed by atoms with Gasteiger partial charge in [0.1, 0.15) is 12.2 Å². The largest absolute Gasteiger partial charge is 0.367 e. The van der Waals surface area contributed by atoms with Crippen molar-refractivity contribution in [3.63, 3.8) is 0 Å². The van der Waals surface area contributed by atoms with Crippen molar-refractivity contribution in [2.45, 2.75) is 76.0 Å². The summed E-state index contributed by atoms with van der Waals surface area (Å²) < 4.78 is 20.9. The van der Waals surface area contributed by atoms with Gasteiger partial charge >= 0.3 is 0 Å². The van der Waals surface area contributed by atoms with Gasteiger partial charge in [-0.1, -0.05) is 91.0 Å². The summed E-state index contributed by atoms with van der Waals surface area (Å²) in [7, 11) is 0. The first-order valence-electron chi connectivity index (χ1n) is 18.2. The summed E-state index contributed by atoms with van der Waals surface area (Å²) in [6.45, 7) is 9.39. The number of carbonyl (C=O) groups is 1. The molecule has 1 amide bonds. The van der Waals surface area contributed by atoms with Gasteiger partial charge in [-0.25, -0.2) is 4.98 Å². The van der Waals surface area contributed by atoms with E-state index in [1.165, 1.54) is 16.7 Å². The molecule has 0 bridgehead atoms. The second-order valence-electron chi connectivity index (χ2n) is 14.2. The van der Waals surface area contributed by atoms with Crippen LogP contribution in [0.2, 0.25) is 0 Å². The Morgan fingerprint density at radius 2 is 1.60 bits per heavy atom. The van der Waals surface area contributed by atoms with Crippen molar-refractivity contribution < 1.29 is 19.0 Å². The third-order valence-corrected chi connectivity index (χ3v) is 10.1. The number of amides is 1. The molecule has 5 aromatic rings. The van der Waals surface area contributed by atoms with Crippen LogP contribution in [0.3, 0.4) is 0 Å². The zero-order valence-corrected chi connectivity index (χ0v) is 29.8. The maximum absolute atomic E-state index is 13.2. The molecule has 3 aromatic carbocycles. The third-order valence-electron chi connectivity index (χ3n) is 10.1. The average molecular weight is 703 g/mol. The molecule has 3 saturated heterocycles. The van der Waals surface area contributed by atoms with Crippen molar-refractivity contribution >= 4 is 28.8 Å². The van der Waals surface area contributed by atoms with Crippen LogP contribution in [0.25, 0.3) is 11.2 Å². The van der Waals surface area contributed by atoms with Gasteiger partial charge in [-0.05, 0) is 43.9 Å². The number of imidazole rings is 1. The zero-order chi connectivity index (χ0) is 35.7. The summed E-state index contributed by atoms with van der Waals surface area (Å²) in [5, 5.41) is 10.2. The lowest BCUT2D eigenvalue weighted by atomic mass is 9.91. The van der Waals surface area contributed by atoms with E-state index < -0.39 is 30.3 Å². The first-order valence-corrected chi connectivity index (χ1v) is 18.2. The van der Waals surface area contributed by atoms with Gasteiger partial charge in [0.2, 0.25) is 5.95 Å². The van der Waals surface area contributed by atoms with Gasteiger partial charge in [0.25, 0.3) is 5.91 Å². The van der Waals surface area contributed by atoms with Crippen molar-refractivity contribution in [2.24, 2.45) is 0 Å². The number of carbonyl (C=O) groups excluding carboxylic acids is 1. The van der Waals surface area contributed by atoms with E-state index in [0.29, 0.717) is 36.0 Å². The molecule has 0 aliphatic carbocycles. The fraction of sp³-hybridized carbons (Fsp3) is 0.400. The number of anilines is 2. The van der Waals surface area contributed by atoms with Crippen LogP contribution < -0.4 is 16.0 Å². The van der Waals surface area contributed by atoms with Crippen molar-refractivity contribution in [3.8, 4) is 0 Å². The van der Waals surface area contributed by atoms with E-state index in [1.807, 2.05) is 43.5 Å². The molecule has 8 rings (SSSR count). The summed E-state index contributed by atoms with van der Waals surface area (Å²) in [5.74, 6) is 0.0544. The lowest BCUT2D eigenvalue weighted by Gasteiger charge is -2.24. The number of likely N-dealkylation sites (N-methyl/N-ethyl adjacent to an activating group) is 1. The van der Waals surface area contributed by atoms with Crippen LogP contribution in [0.1, 0.15) is 56.0 Å². The minimum Gasteiger partial charge on any atom is -0.367 e. The highest BCUT2D eigenvalue weighted by Crippen LogP contribution is 2.44. The van der Waals surface area contributed by atoms with Crippen LogP contribution in [0.4, 0.5) is 11.8 Å². The molecule has 3 N–H and O–H groups in total. The quantitative estimate of drug-likeness (QED) is 0.158. The van der Waals surface area contributed by atoms with E-state index in [1.54, 1.807) is 6.33 Å². The Balaban J connectivity index is 1.12. The van der Waals surface area contributed by atoms with Crippen molar-refractivity contribution in [3.05, 3.63) is 114 Å². The van der Waals surface area contributed by atoms with Crippen molar-refractivity contribution in [2.75, 3.05) is 36.8 Å². The Kier molecular flexibility index (Phi) is 9.63. The van der Waals surface area contributed by atoms with Crippen LogP contribution in [0.5, 0.6) is 0 Å². The molecule has 3 fully saturated rings. The van der Waals surface area contributed by atoms with Crippen LogP contribution in [0.15, 0.2) is 97.3 Å². The number of hydrogen-bond acceptors (Lipinski definition) is 10. The van der Waals surface area contributed by atoms with Gasteiger partial charge in [0.05, 0.1) is 6.33 Å². The van der Waals surface area contributed by atoms with Gasteiger partial charge in [0, 0.05) is 44.7 Å². The molecule has 12 heteroatoms. The molecule has 3 aliphatic rings. The highest BCUT2D eigenvalue weighted by molar-refractivity contribution is 5.85. The van der Waals surface area contributed by atoms with E-state index in [0.717, 1.165) is 26.1 Å². The molecule has 2 aromatic heterocycles. The highest BCUT2D eigenvalue weighted by atomic mass is 16.8. The fourth-order valence-electron chi connectivity index (χ4n) is 7.69. The molecule has 5 atom stereocenters. The number of hydrogen-bond donors (Lipinski definition) is 3. The molecule has 1 unspecified atom stereocenters. The van der Waals surface area contributed by atoms with Crippen molar-refractivity contribution in [1.82, 2.24) is 29.7 Å². The number of rotatable bonds is 12. The van der Waals surface area contributed by atoms with E-state index in [-0.39, 0.29) is 17.9 Å². The normalized spacial score (nSPS) is 24.0. The smallest absolute Gasteiger partial charge is 0.252 e. The van der Waals surface area contributed by atoms with E-state index >= 15 is 0 Å². The van der Waals surface area contributed by atoms with Crippen LogP contribution >= 0.6 is 0 Å². The summed E-state index contributed by atoms with van der Waals surface area (Å²) in [6, 6.07) is 31.7. The summed E-state index contributed by atoms with van der Waals surface area (Å²) >= 11 is 0. The number of nitrogens with zero attached hydrogens (tertiary/aromatic N) is 5. The van der Waals surface area contributed by atoms with Crippen LogP contribution in [0, 0.1) is 0 Å². The molecule has 0 spiro atoms. The fourth-order valence-corrected chi connectivity index (χ4v) is 7.69. The van der Waals surface area contributed by atoms with Gasteiger partial charge in [-0.2, -0.15) is 9.97 Å². The number of nitrogens with one attached hydrogen (secondary N) is 3. The molecule has 12 nitrogen and oxygen atoms in total. The lowest BCUT2D eigenvalue weighted by Crippen LogP contribution is -2.42. The highest BCUT2D eigenvalue weighted by Gasteiger charge is 2.58. The number of ether oxygens (including phenoxy) is 3. The molecule has 52 heavy (non-hydrogen) atoms. The summed E-state index contributed by atoms with van der Waals surface area (Å²) in [6.07, 6.45) is -0.0256. The van der Waals surface area contributed by atoms with Crippen LogP contribution in [-0.2, 0) is 25.5 Å². The number of benzene rings is 3. The molecular weight excluding hydrogens is 656 g/mol. The van der Waals surface area contributed by atoms with Crippen LogP contribution in [-0.4, -0.2) is 86.6 Å². The first kappa shape index (κ1) is 34.2. The second-order valence-corrected chi connectivity index (χ2v) is 14.2. The van der Waals surface area contributed by atoms with Gasteiger partial charge < -0.3 is 30.2 Å². The standard InChI is InChI=1S/C40H46N8O4/c1-4-41-37(49)33-32-34(52-40(2,3)51-32)38(50-33)48-25-43-31-35(42-22-30(27-16-10-6-11-17-27)28-18-12-7-13-19-28)45-39(46-36(31)48)44-29-20-21-47(24-29)23-26-14-8-5-9-15-26/h5-19,25,29-30,32-34,38H,4,20-24H2,1-3H3,(H,41,49)(H2,42,44,45,46)/t29?,32-,33-,34+,38+/m0/s1. The van der Waals surface area contributed by atoms with Gasteiger partial charge in [0.15, 0.2) is 35.1 Å². The first-order chi connectivity index (χ1) is 25.3. The average Bonchev–Trinajstić information content (AvgIpc) is 3.93. The maximum atomic E-state index is 13.2. The van der Waals surface area contributed by atoms with Crippen molar-refractivity contribution in [1.29, 1.82) is 0 Å². The molecule has 0 radical (unpaired) electrons. The maximum Gasteiger partial charge on any atom is 0.252 e. The Hall–Kier alpha value is -4.88. The molecule has 270 valence electrons. The Morgan fingerprint density at radius 1 is 0.923 bits per heavy atom. The molecular formula is C40H46N8O4. The Morgan fingerprint density at radius 3 is 2.29 bits per heavy atom. The third kappa shape index (κ3) is 7.11.